The van der Waals surface area contributed by atoms with Crippen LogP contribution in [-0.2, 0) is 7.05 Å². The molecule has 6 nitrogen and oxygen atoms in total. The highest BCUT2D eigenvalue weighted by Crippen LogP contribution is 2.28. The number of anilines is 1. The molecule has 1 fully saturated rings. The Morgan fingerprint density at radius 3 is 2.67 bits per heavy atom. The lowest BCUT2D eigenvalue weighted by Crippen LogP contribution is -2.31. The van der Waals surface area contributed by atoms with Crippen molar-refractivity contribution >= 4 is 11.5 Å². The molecule has 1 aromatic heterocycles. The van der Waals surface area contributed by atoms with E-state index in [1.54, 1.807) is 11.7 Å². The van der Waals surface area contributed by atoms with Crippen molar-refractivity contribution in [1.29, 1.82) is 0 Å². The second-order valence-electron chi connectivity index (χ2n) is 3.78. The Morgan fingerprint density at radius 2 is 2.07 bits per heavy atom. The van der Waals surface area contributed by atoms with Gasteiger partial charge in [-0.05, 0) is 19.3 Å². The molecule has 1 aliphatic rings. The number of piperidine rings is 1. The Hall–Kier alpha value is -1.59. The lowest BCUT2D eigenvalue weighted by atomic mass is 10.1. The SMILES string of the molecule is Cn1ncc([N+](=O)[O-])c1N1CCCCC1. The van der Waals surface area contributed by atoms with Crippen molar-refractivity contribution in [3.05, 3.63) is 16.3 Å². The van der Waals surface area contributed by atoms with E-state index in [0.29, 0.717) is 5.82 Å². The second-order valence-corrected chi connectivity index (χ2v) is 3.78. The molecule has 2 heterocycles. The largest absolute Gasteiger partial charge is 0.351 e. The third-order valence-electron chi connectivity index (χ3n) is 2.74. The summed E-state index contributed by atoms with van der Waals surface area (Å²) in [6.45, 7) is 1.78. The van der Waals surface area contributed by atoms with Crippen LogP contribution in [0, 0.1) is 10.1 Å². The third kappa shape index (κ3) is 1.79. The fourth-order valence-corrected chi connectivity index (χ4v) is 2.02. The Morgan fingerprint density at radius 1 is 1.40 bits per heavy atom. The summed E-state index contributed by atoms with van der Waals surface area (Å²) in [7, 11) is 1.75. The fourth-order valence-electron chi connectivity index (χ4n) is 2.02. The van der Waals surface area contributed by atoms with Gasteiger partial charge in [-0.1, -0.05) is 0 Å². The zero-order chi connectivity index (χ0) is 10.8. The number of hydrogen-bond acceptors (Lipinski definition) is 4. The van der Waals surface area contributed by atoms with Crippen LogP contribution in [0.5, 0.6) is 0 Å². The van der Waals surface area contributed by atoms with Crippen molar-refractivity contribution in [1.82, 2.24) is 9.78 Å². The Labute approximate surface area is 87.6 Å². The summed E-state index contributed by atoms with van der Waals surface area (Å²) < 4.78 is 1.59. The van der Waals surface area contributed by atoms with E-state index in [1.807, 2.05) is 0 Å². The minimum absolute atomic E-state index is 0.111. The van der Waals surface area contributed by atoms with E-state index in [1.165, 1.54) is 12.6 Å². The highest BCUT2D eigenvalue weighted by atomic mass is 16.6. The zero-order valence-corrected chi connectivity index (χ0v) is 8.72. The Kier molecular flexibility index (Phi) is 2.57. The molecule has 1 aromatic rings. The van der Waals surface area contributed by atoms with E-state index in [-0.39, 0.29) is 10.6 Å². The van der Waals surface area contributed by atoms with Gasteiger partial charge >= 0.3 is 5.69 Å². The summed E-state index contributed by atoms with van der Waals surface area (Å²) in [5.41, 5.74) is 0.111. The number of nitrogens with zero attached hydrogens (tertiary/aromatic N) is 4. The topological polar surface area (TPSA) is 64.2 Å². The molecule has 0 atom stereocenters. The molecule has 0 bridgehead atoms. The van der Waals surface area contributed by atoms with Crippen molar-refractivity contribution in [2.45, 2.75) is 19.3 Å². The second kappa shape index (κ2) is 3.88. The molecule has 1 saturated heterocycles. The van der Waals surface area contributed by atoms with E-state index in [4.69, 9.17) is 0 Å². The highest BCUT2D eigenvalue weighted by molar-refractivity contribution is 5.57. The lowest BCUT2D eigenvalue weighted by molar-refractivity contribution is -0.384. The summed E-state index contributed by atoms with van der Waals surface area (Å²) >= 11 is 0. The van der Waals surface area contributed by atoms with E-state index in [0.717, 1.165) is 25.9 Å². The van der Waals surface area contributed by atoms with Gasteiger partial charge in [-0.2, -0.15) is 5.10 Å². The molecule has 0 N–H and O–H groups in total. The monoisotopic (exact) mass is 210 g/mol. The van der Waals surface area contributed by atoms with Crippen LogP contribution >= 0.6 is 0 Å². The molecule has 0 unspecified atom stereocenters. The van der Waals surface area contributed by atoms with Crippen molar-refractivity contribution < 1.29 is 4.92 Å². The molecule has 6 heteroatoms. The maximum absolute atomic E-state index is 10.8. The van der Waals surface area contributed by atoms with Crippen LogP contribution in [-0.4, -0.2) is 27.8 Å². The number of aromatic nitrogens is 2. The summed E-state index contributed by atoms with van der Waals surface area (Å²) in [4.78, 5) is 12.5. The van der Waals surface area contributed by atoms with E-state index in [9.17, 15) is 10.1 Å². The molecule has 0 aromatic carbocycles. The molecule has 2 rings (SSSR count). The summed E-state index contributed by atoms with van der Waals surface area (Å²) in [5.74, 6) is 0.639. The van der Waals surface area contributed by atoms with Crippen LogP contribution in [0.4, 0.5) is 11.5 Å². The average Bonchev–Trinajstić information content (AvgIpc) is 2.61. The first-order chi connectivity index (χ1) is 7.20. The molecule has 1 aliphatic heterocycles. The molecule has 0 aliphatic carbocycles. The van der Waals surface area contributed by atoms with Gasteiger partial charge in [0.15, 0.2) is 0 Å². The lowest BCUT2D eigenvalue weighted by Gasteiger charge is -2.27. The molecule has 0 amide bonds. The molecule has 0 radical (unpaired) electrons. The van der Waals surface area contributed by atoms with Gasteiger partial charge in [0.2, 0.25) is 5.82 Å². The molecular formula is C9H14N4O2. The first-order valence-corrected chi connectivity index (χ1v) is 5.11. The molecular weight excluding hydrogens is 196 g/mol. The normalized spacial score (nSPS) is 16.7. The van der Waals surface area contributed by atoms with Crippen molar-refractivity contribution in [2.24, 2.45) is 7.05 Å². The fraction of sp³-hybridized carbons (Fsp3) is 0.667. The van der Waals surface area contributed by atoms with Gasteiger partial charge in [0.1, 0.15) is 6.20 Å². The van der Waals surface area contributed by atoms with Crippen LogP contribution in [0.3, 0.4) is 0 Å². The van der Waals surface area contributed by atoms with Gasteiger partial charge in [-0.25, -0.2) is 4.68 Å². The average molecular weight is 210 g/mol. The number of rotatable bonds is 2. The number of nitro groups is 1. The molecule has 82 valence electrons. The summed E-state index contributed by atoms with van der Waals surface area (Å²) in [6.07, 6.45) is 4.73. The standard InChI is InChI=1S/C9H14N4O2/c1-11-9(8(7-10-11)13(14)15)12-5-3-2-4-6-12/h7H,2-6H2,1H3. The minimum atomic E-state index is -0.364. The van der Waals surface area contributed by atoms with E-state index in [2.05, 4.69) is 10.00 Å². The first-order valence-electron chi connectivity index (χ1n) is 5.11. The van der Waals surface area contributed by atoms with Crippen molar-refractivity contribution in [3.63, 3.8) is 0 Å². The van der Waals surface area contributed by atoms with Gasteiger partial charge in [0, 0.05) is 20.1 Å². The molecule has 15 heavy (non-hydrogen) atoms. The molecule has 0 saturated carbocycles. The zero-order valence-electron chi connectivity index (χ0n) is 8.72. The molecule has 0 spiro atoms. The van der Waals surface area contributed by atoms with Gasteiger partial charge in [-0.15, -0.1) is 0 Å². The third-order valence-corrected chi connectivity index (χ3v) is 2.74. The van der Waals surface area contributed by atoms with Crippen molar-refractivity contribution in [2.75, 3.05) is 18.0 Å². The van der Waals surface area contributed by atoms with Crippen molar-refractivity contribution in [3.8, 4) is 0 Å². The number of aryl methyl sites for hydroxylation is 1. The van der Waals surface area contributed by atoms with Crippen LogP contribution in [0.25, 0.3) is 0 Å². The van der Waals surface area contributed by atoms with Gasteiger partial charge in [-0.3, -0.25) is 10.1 Å². The van der Waals surface area contributed by atoms with E-state index >= 15 is 0 Å². The summed E-state index contributed by atoms with van der Waals surface area (Å²) in [5, 5.41) is 14.7. The Balaban J connectivity index is 2.32. The summed E-state index contributed by atoms with van der Waals surface area (Å²) in [6, 6.07) is 0. The van der Waals surface area contributed by atoms with Crippen LogP contribution < -0.4 is 4.90 Å². The maximum Gasteiger partial charge on any atom is 0.331 e. The van der Waals surface area contributed by atoms with Gasteiger partial charge in [0.05, 0.1) is 4.92 Å². The minimum Gasteiger partial charge on any atom is -0.351 e. The van der Waals surface area contributed by atoms with E-state index < -0.39 is 0 Å². The predicted octanol–water partition coefficient (Wildman–Crippen LogP) is 1.32. The quantitative estimate of drug-likeness (QED) is 0.545. The maximum atomic E-state index is 10.8. The Bertz CT molecular complexity index is 368. The van der Waals surface area contributed by atoms with Gasteiger partial charge in [0.25, 0.3) is 0 Å². The predicted molar refractivity (Wildman–Crippen MR) is 55.9 cm³/mol. The van der Waals surface area contributed by atoms with Crippen LogP contribution in [0.15, 0.2) is 6.20 Å². The van der Waals surface area contributed by atoms with Crippen LogP contribution in [0.1, 0.15) is 19.3 Å². The first kappa shape index (κ1) is 9.95. The van der Waals surface area contributed by atoms with Gasteiger partial charge < -0.3 is 4.90 Å². The van der Waals surface area contributed by atoms with Crippen LogP contribution in [0.2, 0.25) is 0 Å². The number of hydrogen-bond donors (Lipinski definition) is 0. The smallest absolute Gasteiger partial charge is 0.331 e. The highest BCUT2D eigenvalue weighted by Gasteiger charge is 2.25.